The number of halogens is 1. The molecule has 0 radical (unpaired) electrons. The normalized spacial score (nSPS) is 22.0. The van der Waals surface area contributed by atoms with Gasteiger partial charge in [-0.2, -0.15) is 0 Å². The quantitative estimate of drug-likeness (QED) is 0.772. The minimum absolute atomic E-state index is 0.325. The second-order valence-corrected chi connectivity index (χ2v) is 4.44. The molecule has 2 rings (SSSR count). The third kappa shape index (κ3) is 4.09. The molecule has 3 heteroatoms. The van der Waals surface area contributed by atoms with Gasteiger partial charge < -0.3 is 4.74 Å². The van der Waals surface area contributed by atoms with E-state index in [-0.39, 0.29) is 0 Å². The summed E-state index contributed by atoms with van der Waals surface area (Å²) in [5, 5.41) is 0. The second kappa shape index (κ2) is 7.12. The molecule has 1 aromatic rings. The van der Waals surface area contributed by atoms with Crippen molar-refractivity contribution in [2.75, 3.05) is 0 Å². The Morgan fingerprint density at radius 3 is 2.90 bits per heavy atom. The van der Waals surface area contributed by atoms with Gasteiger partial charge in [-0.15, -0.1) is 12.8 Å². The van der Waals surface area contributed by atoms with E-state index < -0.39 is 5.83 Å². The van der Waals surface area contributed by atoms with Crippen LogP contribution in [0, 0.1) is 24.7 Å². The van der Waals surface area contributed by atoms with Gasteiger partial charge in [-0.1, -0.05) is 24.0 Å². The number of benzene rings is 1. The Morgan fingerprint density at radius 2 is 2.14 bits per heavy atom. The van der Waals surface area contributed by atoms with Crippen LogP contribution < -0.4 is 0 Å². The van der Waals surface area contributed by atoms with E-state index in [4.69, 9.17) is 17.6 Å². The zero-order valence-electron chi connectivity index (χ0n) is 11.5. The summed E-state index contributed by atoms with van der Waals surface area (Å²) in [4.78, 5) is 3.97. The Balaban J connectivity index is 2.04. The predicted octanol–water partition coefficient (Wildman–Crippen LogP) is 3.75. The molecular weight excluding hydrogens is 265 g/mol. The van der Waals surface area contributed by atoms with Crippen LogP contribution in [-0.2, 0) is 11.3 Å². The Hall–Kier alpha value is -2.78. The van der Waals surface area contributed by atoms with Crippen LogP contribution in [0.2, 0.25) is 0 Å². The van der Waals surface area contributed by atoms with E-state index in [1.54, 1.807) is 6.08 Å². The van der Waals surface area contributed by atoms with Crippen LogP contribution in [0.1, 0.15) is 24.0 Å². The Labute approximate surface area is 124 Å². The molecule has 0 aliphatic carbocycles. The van der Waals surface area contributed by atoms with Gasteiger partial charge in [0, 0.05) is 11.1 Å². The Morgan fingerprint density at radius 1 is 1.29 bits per heavy atom. The lowest BCUT2D eigenvalue weighted by Gasteiger charge is -2.09. The molecule has 1 aromatic carbocycles. The van der Waals surface area contributed by atoms with E-state index in [1.165, 1.54) is 0 Å². The van der Waals surface area contributed by atoms with E-state index in [2.05, 4.69) is 16.8 Å². The number of hydrogen-bond acceptors (Lipinski definition) is 2. The Bertz CT molecular complexity index is 699. The van der Waals surface area contributed by atoms with Crippen LogP contribution >= 0.6 is 0 Å². The topological polar surface area (TPSA) is 21.6 Å². The molecule has 2 nitrogen and oxygen atoms in total. The van der Waals surface area contributed by atoms with Gasteiger partial charge in [-0.05, 0) is 36.6 Å². The lowest BCUT2D eigenvalue weighted by molar-refractivity contribution is 0.195. The molecule has 1 aliphatic rings. The van der Waals surface area contributed by atoms with Gasteiger partial charge in [0.25, 0.3) is 0 Å². The smallest absolute Gasteiger partial charge is 0.209 e. The fourth-order valence-electron chi connectivity index (χ4n) is 1.86. The van der Waals surface area contributed by atoms with Gasteiger partial charge in [0.2, 0.25) is 5.88 Å². The van der Waals surface area contributed by atoms with E-state index in [0.717, 1.165) is 17.3 Å². The first kappa shape index (κ1) is 14.6. The van der Waals surface area contributed by atoms with Crippen LogP contribution in [-0.4, -0.2) is 6.21 Å². The third-order valence-corrected chi connectivity index (χ3v) is 2.96. The highest BCUT2D eigenvalue weighted by molar-refractivity contribution is 5.79. The summed E-state index contributed by atoms with van der Waals surface area (Å²) < 4.78 is 19.2. The summed E-state index contributed by atoms with van der Waals surface area (Å²) in [5.74, 6) is 4.79. The van der Waals surface area contributed by atoms with Gasteiger partial charge in [-0.3, -0.25) is 0 Å². The van der Waals surface area contributed by atoms with Crippen molar-refractivity contribution in [2.24, 2.45) is 4.99 Å². The first-order valence-electron chi connectivity index (χ1n) is 6.51. The molecular formula is C18H14FNO. The molecule has 0 N–H and O–H groups in total. The van der Waals surface area contributed by atoms with Gasteiger partial charge in [-0.25, -0.2) is 9.38 Å². The molecule has 0 unspecified atom stereocenters. The van der Waals surface area contributed by atoms with Crippen LogP contribution in [0.15, 0.2) is 52.6 Å². The highest BCUT2D eigenvalue weighted by Gasteiger charge is 2.06. The molecule has 0 atom stereocenters. The summed E-state index contributed by atoms with van der Waals surface area (Å²) in [5.41, 5.74) is 2.05. The van der Waals surface area contributed by atoms with Crippen molar-refractivity contribution >= 4 is 6.21 Å². The largest absolute Gasteiger partial charge is 0.473 e. The van der Waals surface area contributed by atoms with Crippen molar-refractivity contribution < 1.29 is 9.13 Å². The van der Waals surface area contributed by atoms with Crippen molar-refractivity contribution in [3.63, 3.8) is 0 Å². The lowest BCUT2D eigenvalue weighted by atomic mass is 10.1. The zero-order chi connectivity index (χ0) is 15.1. The molecule has 0 saturated carbocycles. The highest BCUT2D eigenvalue weighted by atomic mass is 19.1. The first-order valence-corrected chi connectivity index (χ1v) is 6.51. The average Bonchev–Trinajstić information content (AvgIpc) is 2.51. The zero-order valence-corrected chi connectivity index (χ0v) is 11.5. The van der Waals surface area contributed by atoms with Crippen LogP contribution in [0.3, 0.4) is 0 Å². The molecule has 1 heterocycles. The molecule has 1 aliphatic heterocycles. The highest BCUT2D eigenvalue weighted by Crippen LogP contribution is 2.17. The van der Waals surface area contributed by atoms with Crippen molar-refractivity contribution in [3.05, 3.63) is 58.8 Å². The monoisotopic (exact) mass is 279 g/mol. The summed E-state index contributed by atoms with van der Waals surface area (Å²) in [6.45, 7) is 0.325. The maximum Gasteiger partial charge on any atom is 0.209 e. The number of rotatable bonds is 3. The molecule has 0 aromatic heterocycles. The molecule has 0 fully saturated rings. The summed E-state index contributed by atoms with van der Waals surface area (Å²) in [6, 6.07) is 7.48. The third-order valence-electron chi connectivity index (χ3n) is 2.96. The number of terminal acetylenes is 2. The maximum absolute atomic E-state index is 13.6. The maximum atomic E-state index is 13.6. The molecule has 0 bridgehead atoms. The van der Waals surface area contributed by atoms with Crippen LogP contribution in [0.5, 0.6) is 0 Å². The number of hydrogen-bond donors (Lipinski definition) is 0. The number of aliphatic imine (C=N–C) groups is 1. The lowest BCUT2D eigenvalue weighted by Crippen LogP contribution is -1.97. The van der Waals surface area contributed by atoms with Gasteiger partial charge in [0.05, 0.1) is 6.21 Å². The fraction of sp³-hybridized carbons (Fsp3) is 0.167. The minimum Gasteiger partial charge on any atom is -0.473 e. The predicted molar refractivity (Wildman–Crippen MR) is 81.9 cm³/mol. The summed E-state index contributed by atoms with van der Waals surface area (Å²) >= 11 is 0. The second-order valence-electron chi connectivity index (χ2n) is 4.44. The molecule has 0 amide bonds. The van der Waals surface area contributed by atoms with Crippen molar-refractivity contribution in [1.29, 1.82) is 0 Å². The standard InChI is InChI=1S/C18H14FNO/c1-3-14-7-5-8-15(11-14)13-21-18-10-6-9-16(4-2)17(19)12-20-18/h1-2,5,7-8,10-12H,6,9,13H2/b17-16+,18-10-,20-12+. The van der Waals surface area contributed by atoms with E-state index in [9.17, 15) is 4.39 Å². The van der Waals surface area contributed by atoms with Crippen LogP contribution in [0.25, 0.3) is 0 Å². The van der Waals surface area contributed by atoms with Gasteiger partial charge >= 0.3 is 0 Å². The summed E-state index contributed by atoms with van der Waals surface area (Å²) in [6.07, 6.45) is 14.5. The molecule has 21 heavy (non-hydrogen) atoms. The molecule has 104 valence electrons. The van der Waals surface area contributed by atoms with E-state index in [1.807, 2.05) is 24.3 Å². The molecule has 0 saturated heterocycles. The van der Waals surface area contributed by atoms with E-state index >= 15 is 0 Å². The van der Waals surface area contributed by atoms with Crippen molar-refractivity contribution in [3.8, 4) is 24.7 Å². The number of nitrogens with zero attached hydrogens (tertiary/aromatic N) is 1. The average molecular weight is 279 g/mol. The number of allylic oxidation sites excluding steroid dienone is 3. The van der Waals surface area contributed by atoms with Crippen molar-refractivity contribution in [1.82, 2.24) is 0 Å². The summed E-state index contributed by atoms with van der Waals surface area (Å²) in [7, 11) is 0. The number of ether oxygens (including phenoxy) is 1. The Kier molecular flexibility index (Phi) is 4.96. The minimum atomic E-state index is -0.485. The first-order chi connectivity index (χ1) is 10.2. The fourth-order valence-corrected chi connectivity index (χ4v) is 1.86. The SMILES string of the molecule is C#C/C1=C(F)/C=N/C(OCc2cccc(C#C)c2)=C/CC1. The van der Waals surface area contributed by atoms with Gasteiger partial charge in [0.15, 0.2) is 5.83 Å². The van der Waals surface area contributed by atoms with Crippen molar-refractivity contribution in [2.45, 2.75) is 19.4 Å². The molecule has 0 spiro atoms. The van der Waals surface area contributed by atoms with E-state index in [0.29, 0.717) is 30.9 Å². The van der Waals surface area contributed by atoms with Crippen LogP contribution in [0.4, 0.5) is 4.39 Å². The van der Waals surface area contributed by atoms with Gasteiger partial charge in [0.1, 0.15) is 6.61 Å².